The monoisotopic (exact) mass is 250 g/mol. The number of benzene rings is 1. The highest BCUT2D eigenvalue weighted by molar-refractivity contribution is 5.33. The van der Waals surface area contributed by atoms with Gasteiger partial charge in [-0.05, 0) is 37.8 Å². The van der Waals surface area contributed by atoms with Gasteiger partial charge < -0.3 is 16.2 Å². The summed E-state index contributed by atoms with van der Waals surface area (Å²) in [6, 6.07) is 6.83. The van der Waals surface area contributed by atoms with Gasteiger partial charge in [-0.15, -0.1) is 0 Å². The van der Waals surface area contributed by atoms with Gasteiger partial charge >= 0.3 is 0 Å². The average Bonchev–Trinajstić information content (AvgIpc) is 2.37. The molecule has 0 aliphatic carbocycles. The van der Waals surface area contributed by atoms with Gasteiger partial charge in [0.2, 0.25) is 0 Å². The van der Waals surface area contributed by atoms with Gasteiger partial charge in [0.25, 0.3) is 0 Å². The molecule has 1 aromatic carbocycles. The minimum absolute atomic E-state index is 0.147. The molecule has 3 atom stereocenters. The molecule has 0 saturated carbocycles. The van der Waals surface area contributed by atoms with Crippen LogP contribution in [0.5, 0.6) is 0 Å². The molecule has 0 fully saturated rings. The van der Waals surface area contributed by atoms with Gasteiger partial charge in [0, 0.05) is 25.2 Å². The summed E-state index contributed by atoms with van der Waals surface area (Å²) in [6.45, 7) is 9.09. The number of hydrogen-bond acceptors (Lipinski definition) is 3. The van der Waals surface area contributed by atoms with Crippen LogP contribution in [0.2, 0.25) is 0 Å². The molecule has 4 N–H and O–H groups in total. The number of nitrogens with one attached hydrogen (secondary N) is 1. The Morgan fingerprint density at radius 2 is 1.94 bits per heavy atom. The van der Waals surface area contributed by atoms with Crippen molar-refractivity contribution in [2.45, 2.75) is 39.8 Å². The first kappa shape index (κ1) is 15.2. The van der Waals surface area contributed by atoms with Gasteiger partial charge in [-0.3, -0.25) is 0 Å². The van der Waals surface area contributed by atoms with Gasteiger partial charge in [-0.25, -0.2) is 0 Å². The molecule has 1 rings (SSSR count). The first-order chi connectivity index (χ1) is 8.49. The fourth-order valence-corrected chi connectivity index (χ4v) is 2.06. The quantitative estimate of drug-likeness (QED) is 0.723. The van der Waals surface area contributed by atoms with Gasteiger partial charge in [-0.2, -0.15) is 0 Å². The van der Waals surface area contributed by atoms with Crippen LogP contribution in [0.3, 0.4) is 0 Å². The third-order valence-electron chi connectivity index (χ3n) is 3.65. The maximum atomic E-state index is 9.19. The van der Waals surface area contributed by atoms with Crippen molar-refractivity contribution in [2.24, 2.45) is 11.7 Å². The van der Waals surface area contributed by atoms with Crippen molar-refractivity contribution >= 4 is 0 Å². The predicted octanol–water partition coefficient (Wildman–Crippen LogP) is 1.91. The van der Waals surface area contributed by atoms with Crippen molar-refractivity contribution in [2.75, 3.05) is 13.2 Å². The van der Waals surface area contributed by atoms with Gasteiger partial charge in [0.15, 0.2) is 0 Å². The summed E-state index contributed by atoms with van der Waals surface area (Å²) >= 11 is 0. The standard InChI is InChI=1S/C15H26N2O/c1-10-5-6-11(2)14(7-10)15(8-16)17-13(4)12(3)9-18/h5-7,12-13,15,17-18H,8-9,16H2,1-4H3. The maximum absolute atomic E-state index is 9.19. The fraction of sp³-hybridized carbons (Fsp3) is 0.600. The van der Waals surface area contributed by atoms with E-state index in [1.54, 1.807) is 0 Å². The Morgan fingerprint density at radius 3 is 2.50 bits per heavy atom. The largest absolute Gasteiger partial charge is 0.396 e. The topological polar surface area (TPSA) is 58.3 Å². The van der Waals surface area contributed by atoms with Gasteiger partial charge in [0.1, 0.15) is 0 Å². The third kappa shape index (κ3) is 3.80. The summed E-state index contributed by atoms with van der Waals surface area (Å²) < 4.78 is 0. The predicted molar refractivity (Wildman–Crippen MR) is 76.6 cm³/mol. The molecule has 3 heteroatoms. The second kappa shape index (κ2) is 6.88. The Hall–Kier alpha value is -0.900. The first-order valence-electron chi connectivity index (χ1n) is 6.63. The fourth-order valence-electron chi connectivity index (χ4n) is 2.06. The van der Waals surface area contributed by atoms with Crippen LogP contribution in [-0.2, 0) is 0 Å². The Kier molecular flexibility index (Phi) is 5.79. The van der Waals surface area contributed by atoms with Gasteiger partial charge in [0.05, 0.1) is 0 Å². The molecule has 1 aromatic rings. The minimum Gasteiger partial charge on any atom is -0.396 e. The lowest BCUT2D eigenvalue weighted by molar-refractivity contribution is 0.201. The van der Waals surface area contributed by atoms with Crippen molar-refractivity contribution in [3.05, 3.63) is 34.9 Å². The van der Waals surface area contributed by atoms with Crippen LogP contribution >= 0.6 is 0 Å². The smallest absolute Gasteiger partial charge is 0.0471 e. The summed E-state index contributed by atoms with van der Waals surface area (Å²) in [4.78, 5) is 0. The highest BCUT2D eigenvalue weighted by atomic mass is 16.3. The molecule has 0 saturated heterocycles. The first-order valence-corrected chi connectivity index (χ1v) is 6.63. The van der Waals surface area contributed by atoms with E-state index in [9.17, 15) is 5.11 Å². The van der Waals surface area contributed by atoms with Crippen LogP contribution in [0.25, 0.3) is 0 Å². The zero-order valence-corrected chi connectivity index (χ0v) is 11.9. The highest BCUT2D eigenvalue weighted by Gasteiger charge is 2.18. The second-order valence-electron chi connectivity index (χ2n) is 5.26. The zero-order valence-electron chi connectivity index (χ0n) is 11.9. The Labute approximate surface area is 110 Å². The van der Waals surface area contributed by atoms with E-state index >= 15 is 0 Å². The molecule has 0 aliphatic heterocycles. The summed E-state index contributed by atoms with van der Waals surface area (Å²) in [5.41, 5.74) is 9.65. The van der Waals surface area contributed by atoms with Gasteiger partial charge in [-0.1, -0.05) is 30.7 Å². The molecule has 18 heavy (non-hydrogen) atoms. The maximum Gasteiger partial charge on any atom is 0.0471 e. The van der Waals surface area contributed by atoms with E-state index in [4.69, 9.17) is 5.73 Å². The summed E-state index contributed by atoms with van der Waals surface area (Å²) in [6.07, 6.45) is 0. The lowest BCUT2D eigenvalue weighted by atomic mass is 9.96. The molecular weight excluding hydrogens is 224 g/mol. The van der Waals surface area contributed by atoms with E-state index in [2.05, 4.69) is 44.3 Å². The lowest BCUT2D eigenvalue weighted by Crippen LogP contribution is -2.40. The van der Waals surface area contributed by atoms with Crippen molar-refractivity contribution in [1.29, 1.82) is 0 Å². The van der Waals surface area contributed by atoms with Crippen LogP contribution in [0.4, 0.5) is 0 Å². The minimum atomic E-state index is 0.147. The molecule has 0 radical (unpaired) electrons. The van der Waals surface area contributed by atoms with E-state index < -0.39 is 0 Å². The Balaban J connectivity index is 2.86. The molecule has 0 aliphatic rings. The Morgan fingerprint density at radius 1 is 1.28 bits per heavy atom. The van der Waals surface area contributed by atoms with Crippen molar-refractivity contribution in [1.82, 2.24) is 5.32 Å². The van der Waals surface area contributed by atoms with Crippen molar-refractivity contribution in [3.8, 4) is 0 Å². The number of rotatable bonds is 6. The summed E-state index contributed by atoms with van der Waals surface area (Å²) in [5.74, 6) is 0.226. The molecule has 0 bridgehead atoms. The van der Waals surface area contributed by atoms with Crippen LogP contribution in [0.15, 0.2) is 18.2 Å². The number of aliphatic hydroxyl groups is 1. The van der Waals surface area contributed by atoms with Crippen LogP contribution in [-0.4, -0.2) is 24.3 Å². The third-order valence-corrected chi connectivity index (χ3v) is 3.65. The number of nitrogens with two attached hydrogens (primary N) is 1. The second-order valence-corrected chi connectivity index (χ2v) is 5.26. The molecule has 0 heterocycles. The van der Waals surface area contributed by atoms with Crippen LogP contribution < -0.4 is 11.1 Å². The molecule has 102 valence electrons. The van der Waals surface area contributed by atoms with Crippen LogP contribution in [0, 0.1) is 19.8 Å². The van der Waals surface area contributed by atoms with Crippen LogP contribution in [0.1, 0.15) is 36.6 Å². The average molecular weight is 250 g/mol. The molecule has 0 spiro atoms. The van der Waals surface area contributed by atoms with E-state index in [0.29, 0.717) is 6.54 Å². The van der Waals surface area contributed by atoms with E-state index in [1.807, 2.05) is 6.92 Å². The molecule has 0 amide bonds. The molecule has 3 nitrogen and oxygen atoms in total. The summed E-state index contributed by atoms with van der Waals surface area (Å²) in [7, 11) is 0. The lowest BCUT2D eigenvalue weighted by Gasteiger charge is -2.27. The SMILES string of the molecule is Cc1ccc(C)c(C(CN)NC(C)C(C)CO)c1. The van der Waals surface area contributed by atoms with E-state index in [1.165, 1.54) is 16.7 Å². The normalized spacial score (nSPS) is 16.3. The molecular formula is C15H26N2O. The zero-order chi connectivity index (χ0) is 13.7. The molecule has 0 aromatic heterocycles. The number of aryl methyl sites for hydroxylation is 2. The van der Waals surface area contributed by atoms with E-state index in [-0.39, 0.29) is 24.6 Å². The van der Waals surface area contributed by atoms with Crippen molar-refractivity contribution in [3.63, 3.8) is 0 Å². The summed E-state index contributed by atoms with van der Waals surface area (Å²) in [5, 5.41) is 12.7. The number of hydrogen-bond donors (Lipinski definition) is 3. The highest BCUT2D eigenvalue weighted by Crippen LogP contribution is 2.20. The molecule has 3 unspecified atom stereocenters. The van der Waals surface area contributed by atoms with E-state index in [0.717, 1.165) is 0 Å². The number of aliphatic hydroxyl groups excluding tert-OH is 1. The Bertz CT molecular complexity index is 379. The van der Waals surface area contributed by atoms with Crippen molar-refractivity contribution < 1.29 is 5.11 Å².